The molecule has 1 aliphatic rings. The fourth-order valence-corrected chi connectivity index (χ4v) is 2.28. The maximum Gasteiger partial charge on any atom is 0.303 e. The molecule has 1 N–H and O–H groups in total. The molecule has 0 aliphatic heterocycles. The van der Waals surface area contributed by atoms with Gasteiger partial charge in [0.25, 0.3) is 0 Å². The van der Waals surface area contributed by atoms with E-state index in [0.29, 0.717) is 13.0 Å². The number of carboxylic acids is 1. The molecule has 102 valence electrons. The van der Waals surface area contributed by atoms with Crippen LogP contribution in [0.2, 0.25) is 0 Å². The minimum Gasteiger partial charge on any atom is -0.494 e. The van der Waals surface area contributed by atoms with Crippen LogP contribution in [0.1, 0.15) is 44.1 Å². The summed E-state index contributed by atoms with van der Waals surface area (Å²) >= 11 is 0. The molecule has 1 aromatic rings. The van der Waals surface area contributed by atoms with E-state index in [-0.39, 0.29) is 6.42 Å². The molecular weight excluding hydrogens is 240 g/mol. The third kappa shape index (κ3) is 4.43. The van der Waals surface area contributed by atoms with Crippen molar-refractivity contribution in [2.24, 2.45) is 0 Å². The first-order chi connectivity index (χ1) is 9.25. The number of benzene rings is 1. The van der Waals surface area contributed by atoms with E-state index in [1.54, 1.807) is 0 Å². The number of hydrogen-bond donors (Lipinski definition) is 1. The Morgan fingerprint density at radius 1 is 1.21 bits per heavy atom. The number of carbonyl (C=O) groups is 1. The highest BCUT2D eigenvalue weighted by Crippen LogP contribution is 2.27. The summed E-state index contributed by atoms with van der Waals surface area (Å²) < 4.78 is 5.52. The second-order valence-corrected chi connectivity index (χ2v) is 4.85. The molecular formula is C16H20O3. The summed E-state index contributed by atoms with van der Waals surface area (Å²) in [7, 11) is 0. The van der Waals surface area contributed by atoms with Crippen LogP contribution in [-0.2, 0) is 4.79 Å². The van der Waals surface area contributed by atoms with Gasteiger partial charge in [0, 0.05) is 6.42 Å². The molecule has 0 radical (unpaired) electrons. The van der Waals surface area contributed by atoms with E-state index in [9.17, 15) is 4.79 Å². The SMILES string of the molecule is O=C(O)CCCOc1ccc(C2=CCCCC2)cc1. The van der Waals surface area contributed by atoms with Gasteiger partial charge < -0.3 is 9.84 Å². The average molecular weight is 260 g/mol. The zero-order valence-corrected chi connectivity index (χ0v) is 11.1. The Kier molecular flexibility index (Phi) is 5.01. The van der Waals surface area contributed by atoms with Crippen molar-refractivity contribution in [1.82, 2.24) is 0 Å². The predicted molar refractivity (Wildman–Crippen MR) is 75.3 cm³/mol. The molecule has 0 atom stereocenters. The van der Waals surface area contributed by atoms with Crippen LogP contribution in [0.4, 0.5) is 0 Å². The lowest BCUT2D eigenvalue weighted by molar-refractivity contribution is -0.137. The normalized spacial score (nSPS) is 14.8. The molecule has 0 spiro atoms. The summed E-state index contributed by atoms with van der Waals surface area (Å²) in [6.45, 7) is 0.453. The van der Waals surface area contributed by atoms with Gasteiger partial charge in [0.05, 0.1) is 6.61 Å². The van der Waals surface area contributed by atoms with Gasteiger partial charge in [0.1, 0.15) is 5.75 Å². The van der Waals surface area contributed by atoms with Gasteiger partial charge in [-0.15, -0.1) is 0 Å². The molecule has 0 amide bonds. The summed E-state index contributed by atoms with van der Waals surface area (Å²) in [5.74, 6) is 0.0359. The monoisotopic (exact) mass is 260 g/mol. The standard InChI is InChI=1S/C16H20O3/c17-16(18)7-4-12-19-15-10-8-14(9-11-15)13-5-2-1-3-6-13/h5,8-11H,1-4,6-7,12H2,(H,17,18). The molecule has 0 unspecified atom stereocenters. The first-order valence-electron chi connectivity index (χ1n) is 6.90. The van der Waals surface area contributed by atoms with Gasteiger partial charge in [0.15, 0.2) is 0 Å². The van der Waals surface area contributed by atoms with Crippen molar-refractivity contribution in [2.75, 3.05) is 6.61 Å². The Morgan fingerprint density at radius 2 is 2.00 bits per heavy atom. The Balaban J connectivity index is 1.84. The molecule has 0 bridgehead atoms. The van der Waals surface area contributed by atoms with Gasteiger partial charge in [0.2, 0.25) is 0 Å². The fourth-order valence-electron chi connectivity index (χ4n) is 2.28. The minimum atomic E-state index is -0.775. The molecule has 0 saturated heterocycles. The van der Waals surface area contributed by atoms with Crippen LogP contribution in [-0.4, -0.2) is 17.7 Å². The Bertz CT molecular complexity index is 446. The third-order valence-corrected chi connectivity index (χ3v) is 3.32. The zero-order chi connectivity index (χ0) is 13.5. The van der Waals surface area contributed by atoms with Crippen LogP contribution in [0.15, 0.2) is 30.3 Å². The quantitative estimate of drug-likeness (QED) is 0.789. The maximum atomic E-state index is 10.4. The summed E-state index contributed by atoms with van der Waals surface area (Å²) in [4.78, 5) is 10.4. The van der Waals surface area contributed by atoms with Crippen LogP contribution in [0.5, 0.6) is 5.75 Å². The number of allylic oxidation sites excluding steroid dienone is 2. The topological polar surface area (TPSA) is 46.5 Å². The van der Waals surface area contributed by atoms with Crippen LogP contribution >= 0.6 is 0 Å². The molecule has 19 heavy (non-hydrogen) atoms. The van der Waals surface area contributed by atoms with Crippen LogP contribution in [0.25, 0.3) is 5.57 Å². The molecule has 0 fully saturated rings. The zero-order valence-electron chi connectivity index (χ0n) is 11.1. The van der Waals surface area contributed by atoms with Crippen molar-refractivity contribution >= 4 is 11.5 Å². The summed E-state index contributed by atoms with van der Waals surface area (Å²) in [5, 5.41) is 8.53. The van der Waals surface area contributed by atoms with E-state index in [1.807, 2.05) is 12.1 Å². The largest absolute Gasteiger partial charge is 0.494 e. The lowest BCUT2D eigenvalue weighted by Crippen LogP contribution is -2.02. The lowest BCUT2D eigenvalue weighted by Gasteiger charge is -2.13. The molecule has 0 saturated carbocycles. The average Bonchev–Trinajstić information content (AvgIpc) is 2.45. The van der Waals surface area contributed by atoms with Gasteiger partial charge in [-0.1, -0.05) is 18.2 Å². The van der Waals surface area contributed by atoms with Crippen LogP contribution in [0, 0.1) is 0 Å². The number of rotatable bonds is 6. The number of aliphatic carboxylic acids is 1. The van der Waals surface area contributed by atoms with E-state index < -0.39 is 5.97 Å². The summed E-state index contributed by atoms with van der Waals surface area (Å²) in [6.07, 6.45) is 7.95. The van der Waals surface area contributed by atoms with Crippen molar-refractivity contribution in [3.8, 4) is 5.75 Å². The van der Waals surface area contributed by atoms with Gasteiger partial charge in [-0.25, -0.2) is 0 Å². The van der Waals surface area contributed by atoms with E-state index in [4.69, 9.17) is 9.84 Å². The van der Waals surface area contributed by atoms with Crippen molar-refractivity contribution in [3.05, 3.63) is 35.9 Å². The van der Waals surface area contributed by atoms with E-state index >= 15 is 0 Å². The smallest absolute Gasteiger partial charge is 0.303 e. The van der Waals surface area contributed by atoms with Crippen LogP contribution < -0.4 is 4.74 Å². The first-order valence-corrected chi connectivity index (χ1v) is 6.90. The summed E-state index contributed by atoms with van der Waals surface area (Å²) in [5.41, 5.74) is 2.71. The van der Waals surface area contributed by atoms with E-state index in [1.165, 1.54) is 36.8 Å². The van der Waals surface area contributed by atoms with Crippen molar-refractivity contribution in [1.29, 1.82) is 0 Å². The van der Waals surface area contributed by atoms with Crippen molar-refractivity contribution < 1.29 is 14.6 Å². The Morgan fingerprint density at radius 3 is 2.63 bits per heavy atom. The first kappa shape index (κ1) is 13.7. The number of ether oxygens (including phenoxy) is 1. The second-order valence-electron chi connectivity index (χ2n) is 4.85. The second kappa shape index (κ2) is 6.98. The molecule has 3 nitrogen and oxygen atoms in total. The Hall–Kier alpha value is -1.77. The molecule has 0 heterocycles. The highest BCUT2D eigenvalue weighted by Gasteiger charge is 2.06. The molecule has 2 rings (SSSR count). The van der Waals surface area contributed by atoms with Gasteiger partial charge in [-0.2, -0.15) is 0 Å². The molecule has 3 heteroatoms. The van der Waals surface area contributed by atoms with Gasteiger partial charge in [-0.3, -0.25) is 4.79 Å². The van der Waals surface area contributed by atoms with Gasteiger partial charge in [-0.05, 0) is 55.4 Å². The fraction of sp³-hybridized carbons (Fsp3) is 0.438. The molecule has 1 aliphatic carbocycles. The molecule has 1 aromatic carbocycles. The highest BCUT2D eigenvalue weighted by molar-refractivity contribution is 5.67. The number of carboxylic acid groups (broad SMARTS) is 1. The van der Waals surface area contributed by atoms with Gasteiger partial charge >= 0.3 is 5.97 Å². The predicted octanol–water partition coefficient (Wildman–Crippen LogP) is 3.89. The summed E-state index contributed by atoms with van der Waals surface area (Å²) in [6, 6.07) is 8.10. The van der Waals surface area contributed by atoms with E-state index in [0.717, 1.165) is 5.75 Å². The minimum absolute atomic E-state index is 0.158. The highest BCUT2D eigenvalue weighted by atomic mass is 16.5. The Labute approximate surface area is 113 Å². The maximum absolute atomic E-state index is 10.4. The molecule has 0 aromatic heterocycles. The third-order valence-electron chi connectivity index (χ3n) is 3.32. The van der Waals surface area contributed by atoms with Crippen molar-refractivity contribution in [2.45, 2.75) is 38.5 Å². The number of hydrogen-bond acceptors (Lipinski definition) is 2. The lowest BCUT2D eigenvalue weighted by atomic mass is 9.94. The van der Waals surface area contributed by atoms with E-state index in [2.05, 4.69) is 18.2 Å². The van der Waals surface area contributed by atoms with Crippen molar-refractivity contribution in [3.63, 3.8) is 0 Å². The van der Waals surface area contributed by atoms with Crippen LogP contribution in [0.3, 0.4) is 0 Å².